The molecule has 0 aromatic carbocycles. The van der Waals surface area contributed by atoms with Crippen LogP contribution in [0.5, 0.6) is 0 Å². The molecule has 0 spiro atoms. The molecule has 1 N–H and O–H groups in total. The van der Waals surface area contributed by atoms with Crippen molar-refractivity contribution in [1.82, 2.24) is 5.32 Å². The van der Waals surface area contributed by atoms with Crippen LogP contribution >= 0.6 is 0 Å². The van der Waals surface area contributed by atoms with E-state index in [0.29, 0.717) is 5.41 Å². The number of nitrogens with one attached hydrogen (secondary N) is 1. The lowest BCUT2D eigenvalue weighted by atomic mass is 9.80. The second-order valence-electron chi connectivity index (χ2n) is 6.80. The third-order valence-electron chi connectivity index (χ3n) is 4.78. The topological polar surface area (TPSA) is 12.0 Å². The molecule has 0 aliphatic heterocycles. The SMILES string of the molecule is CC1CCC(NCC2CC2(C)C)C(C)C1. The van der Waals surface area contributed by atoms with Gasteiger partial charge in [-0.15, -0.1) is 0 Å². The molecule has 2 saturated carbocycles. The summed E-state index contributed by atoms with van der Waals surface area (Å²) in [6, 6.07) is 0.803. The first-order chi connectivity index (χ1) is 6.99. The average molecular weight is 209 g/mol. The molecule has 0 amide bonds. The lowest BCUT2D eigenvalue weighted by molar-refractivity contribution is 0.225. The average Bonchev–Trinajstić information content (AvgIpc) is 2.73. The lowest BCUT2D eigenvalue weighted by Crippen LogP contribution is -2.40. The van der Waals surface area contributed by atoms with E-state index in [1.54, 1.807) is 0 Å². The predicted molar refractivity (Wildman–Crippen MR) is 65.9 cm³/mol. The molecule has 0 heterocycles. The molecule has 2 fully saturated rings. The summed E-state index contributed by atoms with van der Waals surface area (Å²) in [5.74, 6) is 2.79. The van der Waals surface area contributed by atoms with E-state index >= 15 is 0 Å². The van der Waals surface area contributed by atoms with Gasteiger partial charge in [0.2, 0.25) is 0 Å². The molecule has 0 aromatic heterocycles. The van der Waals surface area contributed by atoms with E-state index in [1.165, 1.54) is 32.2 Å². The predicted octanol–water partition coefficient (Wildman–Crippen LogP) is 3.45. The third-order valence-corrected chi connectivity index (χ3v) is 4.78. The van der Waals surface area contributed by atoms with Crippen molar-refractivity contribution in [2.45, 2.75) is 59.4 Å². The fourth-order valence-corrected chi connectivity index (χ4v) is 3.19. The van der Waals surface area contributed by atoms with Crippen molar-refractivity contribution >= 4 is 0 Å². The van der Waals surface area contributed by atoms with Crippen LogP contribution in [0.4, 0.5) is 0 Å². The number of hydrogen-bond donors (Lipinski definition) is 1. The first-order valence-electron chi connectivity index (χ1n) is 6.72. The Balaban J connectivity index is 1.71. The monoisotopic (exact) mass is 209 g/mol. The quantitative estimate of drug-likeness (QED) is 0.750. The van der Waals surface area contributed by atoms with Gasteiger partial charge in [-0.25, -0.2) is 0 Å². The molecule has 1 nitrogen and oxygen atoms in total. The zero-order chi connectivity index (χ0) is 11.1. The molecule has 1 heteroatoms. The second kappa shape index (κ2) is 4.08. The summed E-state index contributed by atoms with van der Waals surface area (Å²) < 4.78 is 0. The Labute approximate surface area is 95.0 Å². The third kappa shape index (κ3) is 2.75. The minimum absolute atomic E-state index is 0.637. The molecule has 15 heavy (non-hydrogen) atoms. The number of hydrogen-bond acceptors (Lipinski definition) is 1. The Morgan fingerprint density at radius 1 is 1.20 bits per heavy atom. The molecule has 2 rings (SSSR count). The summed E-state index contributed by atoms with van der Waals surface area (Å²) in [6.07, 6.45) is 5.68. The first-order valence-corrected chi connectivity index (χ1v) is 6.72. The fraction of sp³-hybridized carbons (Fsp3) is 1.00. The van der Waals surface area contributed by atoms with Gasteiger partial charge < -0.3 is 5.32 Å². The van der Waals surface area contributed by atoms with E-state index in [-0.39, 0.29) is 0 Å². The van der Waals surface area contributed by atoms with Crippen LogP contribution in [0.15, 0.2) is 0 Å². The van der Waals surface area contributed by atoms with Crippen molar-refractivity contribution in [1.29, 1.82) is 0 Å². The highest BCUT2D eigenvalue weighted by Crippen LogP contribution is 2.51. The zero-order valence-corrected chi connectivity index (χ0v) is 10.8. The molecule has 0 bridgehead atoms. The van der Waals surface area contributed by atoms with Gasteiger partial charge in [0.15, 0.2) is 0 Å². The van der Waals surface area contributed by atoms with Gasteiger partial charge in [0.25, 0.3) is 0 Å². The van der Waals surface area contributed by atoms with Gasteiger partial charge in [0.1, 0.15) is 0 Å². The molecule has 2 aliphatic rings. The summed E-state index contributed by atoms with van der Waals surface area (Å²) in [7, 11) is 0. The van der Waals surface area contributed by atoms with Crippen molar-refractivity contribution in [3.05, 3.63) is 0 Å². The summed E-state index contributed by atoms with van der Waals surface area (Å²) >= 11 is 0. The van der Waals surface area contributed by atoms with Crippen LogP contribution in [0.3, 0.4) is 0 Å². The molecule has 88 valence electrons. The van der Waals surface area contributed by atoms with Crippen molar-refractivity contribution < 1.29 is 0 Å². The van der Waals surface area contributed by atoms with Crippen molar-refractivity contribution in [2.24, 2.45) is 23.2 Å². The van der Waals surface area contributed by atoms with Gasteiger partial charge in [-0.3, -0.25) is 0 Å². The van der Waals surface area contributed by atoms with Crippen molar-refractivity contribution in [2.75, 3.05) is 6.54 Å². The highest BCUT2D eigenvalue weighted by atomic mass is 14.9. The molecular weight excluding hydrogens is 182 g/mol. The second-order valence-corrected chi connectivity index (χ2v) is 6.80. The van der Waals surface area contributed by atoms with E-state index in [4.69, 9.17) is 0 Å². The van der Waals surface area contributed by atoms with Gasteiger partial charge in [-0.2, -0.15) is 0 Å². The zero-order valence-electron chi connectivity index (χ0n) is 10.8. The highest BCUT2D eigenvalue weighted by Gasteiger charge is 2.45. The Kier molecular flexibility index (Phi) is 3.12. The van der Waals surface area contributed by atoms with Crippen molar-refractivity contribution in [3.8, 4) is 0 Å². The minimum Gasteiger partial charge on any atom is -0.313 e. The summed E-state index contributed by atoms with van der Waals surface area (Å²) in [5, 5.41) is 3.81. The van der Waals surface area contributed by atoms with Gasteiger partial charge in [-0.1, -0.05) is 27.7 Å². The maximum absolute atomic E-state index is 3.81. The molecular formula is C14H27N. The summed E-state index contributed by atoms with van der Waals surface area (Å²) in [5.41, 5.74) is 0.637. The van der Waals surface area contributed by atoms with Gasteiger partial charge in [0, 0.05) is 6.04 Å². The molecule has 0 aromatic rings. The van der Waals surface area contributed by atoms with Gasteiger partial charge in [-0.05, 0) is 55.4 Å². The molecule has 2 aliphatic carbocycles. The molecule has 4 atom stereocenters. The van der Waals surface area contributed by atoms with E-state index in [0.717, 1.165) is 23.8 Å². The largest absolute Gasteiger partial charge is 0.313 e. The van der Waals surface area contributed by atoms with Crippen LogP contribution in [0.1, 0.15) is 53.4 Å². The minimum atomic E-state index is 0.637. The van der Waals surface area contributed by atoms with Crippen LogP contribution in [0.25, 0.3) is 0 Å². The van der Waals surface area contributed by atoms with E-state index in [1.807, 2.05) is 0 Å². The maximum Gasteiger partial charge on any atom is 0.00930 e. The lowest BCUT2D eigenvalue weighted by Gasteiger charge is -2.33. The summed E-state index contributed by atoms with van der Waals surface area (Å²) in [6.45, 7) is 10.9. The van der Waals surface area contributed by atoms with E-state index in [2.05, 4.69) is 33.0 Å². The van der Waals surface area contributed by atoms with Crippen LogP contribution in [0.2, 0.25) is 0 Å². The Morgan fingerprint density at radius 2 is 1.87 bits per heavy atom. The fourth-order valence-electron chi connectivity index (χ4n) is 3.19. The molecule has 0 saturated heterocycles. The highest BCUT2D eigenvalue weighted by molar-refractivity contribution is 4.97. The van der Waals surface area contributed by atoms with Crippen LogP contribution in [-0.2, 0) is 0 Å². The standard InChI is InChI=1S/C14H27N/c1-10-5-6-13(11(2)7-10)15-9-12-8-14(12,3)4/h10-13,15H,5-9H2,1-4H3. The molecule has 4 unspecified atom stereocenters. The van der Waals surface area contributed by atoms with Gasteiger partial charge >= 0.3 is 0 Å². The molecule has 0 radical (unpaired) electrons. The normalized spacial score (nSPS) is 44.0. The van der Waals surface area contributed by atoms with Crippen LogP contribution in [0, 0.1) is 23.2 Å². The summed E-state index contributed by atoms with van der Waals surface area (Å²) in [4.78, 5) is 0. The van der Waals surface area contributed by atoms with Crippen molar-refractivity contribution in [3.63, 3.8) is 0 Å². The maximum atomic E-state index is 3.81. The Morgan fingerprint density at radius 3 is 2.40 bits per heavy atom. The van der Waals surface area contributed by atoms with E-state index in [9.17, 15) is 0 Å². The first kappa shape index (κ1) is 11.4. The van der Waals surface area contributed by atoms with Crippen LogP contribution < -0.4 is 5.32 Å². The number of rotatable bonds is 3. The smallest absolute Gasteiger partial charge is 0.00930 e. The van der Waals surface area contributed by atoms with Gasteiger partial charge in [0.05, 0.1) is 0 Å². The van der Waals surface area contributed by atoms with E-state index < -0.39 is 0 Å². The Hall–Kier alpha value is -0.0400. The Bertz CT molecular complexity index is 221. The van der Waals surface area contributed by atoms with Crippen LogP contribution in [-0.4, -0.2) is 12.6 Å².